The topological polar surface area (TPSA) is 109 Å². The van der Waals surface area contributed by atoms with E-state index in [9.17, 15) is 9.59 Å². The minimum atomic E-state index is -0.614. The van der Waals surface area contributed by atoms with Crippen molar-refractivity contribution >= 4 is 34.2 Å². The van der Waals surface area contributed by atoms with Gasteiger partial charge in [0.15, 0.2) is 0 Å². The normalized spacial score (nSPS) is 14.0. The number of hydrogen-bond donors (Lipinski definition) is 1. The highest BCUT2D eigenvalue weighted by Gasteiger charge is 2.26. The fraction of sp³-hybridized carbons (Fsp3) is 0.375. The molecule has 1 saturated carbocycles. The van der Waals surface area contributed by atoms with E-state index in [1.165, 1.54) is 20.0 Å². The van der Waals surface area contributed by atoms with Crippen molar-refractivity contribution in [3.8, 4) is 17.2 Å². The van der Waals surface area contributed by atoms with E-state index in [4.69, 9.17) is 31.9 Å². The summed E-state index contributed by atoms with van der Waals surface area (Å²) in [5.41, 5.74) is 8.98. The first kappa shape index (κ1) is 28.6. The van der Waals surface area contributed by atoms with Gasteiger partial charge in [-0.3, -0.25) is 19.3 Å². The summed E-state index contributed by atoms with van der Waals surface area (Å²) in [5.74, 6) is 0.775. The zero-order chi connectivity index (χ0) is 29.3. The zero-order valence-electron chi connectivity index (χ0n) is 23.9. The van der Waals surface area contributed by atoms with Crippen molar-refractivity contribution in [3.05, 3.63) is 76.2 Å². The lowest BCUT2D eigenvalue weighted by molar-refractivity contribution is -0.117. The molecule has 0 aliphatic heterocycles. The van der Waals surface area contributed by atoms with E-state index < -0.39 is 5.91 Å². The summed E-state index contributed by atoms with van der Waals surface area (Å²) in [6.07, 6.45) is 6.72. The molecule has 1 aliphatic carbocycles. The van der Waals surface area contributed by atoms with Gasteiger partial charge in [-0.05, 0) is 48.7 Å². The van der Waals surface area contributed by atoms with E-state index >= 15 is 0 Å². The Kier molecular flexibility index (Phi) is 8.04. The number of rotatable bonds is 9. The van der Waals surface area contributed by atoms with Gasteiger partial charge in [0, 0.05) is 46.6 Å². The van der Waals surface area contributed by atoms with E-state index in [0.29, 0.717) is 45.6 Å². The first-order valence-corrected chi connectivity index (χ1v) is 14.2. The summed E-state index contributed by atoms with van der Waals surface area (Å²) in [4.78, 5) is 29.5. The molecular formula is C32H35ClN4O4. The molecule has 214 valence electrons. The van der Waals surface area contributed by atoms with Gasteiger partial charge in [0.1, 0.15) is 23.0 Å². The van der Waals surface area contributed by atoms with Gasteiger partial charge in [-0.15, -0.1) is 0 Å². The number of fused-ring (bicyclic) bond motifs is 1. The van der Waals surface area contributed by atoms with Crippen LogP contribution in [0.25, 0.3) is 10.9 Å². The number of primary amides is 1. The molecule has 0 bridgehead atoms. The standard InChI is InChI=1S/C32H35ClN4O4/c1-32(2,3)30-15-21(37(36-30)20-7-5-6-8-20)14-22(38)13-19-9-10-23(16-26(19)33)41-28-11-12-35-27-18-29(40-4)25(31(34)39)17-24(27)28/h9-12,15-18,20H,5-8,13-14H2,1-4H3,(H2,34,39). The number of pyridine rings is 1. The SMILES string of the molecule is COc1cc2nccc(Oc3ccc(CC(=O)Cc4cc(C(C)(C)C)nn4C4CCCC4)c(Cl)c3)c2cc1C(N)=O. The minimum Gasteiger partial charge on any atom is -0.496 e. The summed E-state index contributed by atoms with van der Waals surface area (Å²) >= 11 is 6.63. The highest BCUT2D eigenvalue weighted by atomic mass is 35.5. The highest BCUT2D eigenvalue weighted by molar-refractivity contribution is 6.31. The van der Waals surface area contributed by atoms with Crippen LogP contribution >= 0.6 is 11.6 Å². The van der Waals surface area contributed by atoms with Crippen LogP contribution in [0.2, 0.25) is 5.02 Å². The Bertz CT molecular complexity index is 1620. The van der Waals surface area contributed by atoms with Crippen molar-refractivity contribution in [2.45, 2.75) is 70.8 Å². The molecule has 0 spiro atoms. The first-order chi connectivity index (χ1) is 19.5. The Morgan fingerprint density at radius 1 is 1.05 bits per heavy atom. The molecule has 41 heavy (non-hydrogen) atoms. The average Bonchev–Trinajstić information content (AvgIpc) is 3.60. The number of carbonyl (C=O) groups excluding carboxylic acids is 2. The van der Waals surface area contributed by atoms with E-state index in [2.05, 4.69) is 36.5 Å². The Morgan fingerprint density at radius 2 is 1.80 bits per heavy atom. The summed E-state index contributed by atoms with van der Waals surface area (Å²) in [6, 6.07) is 12.7. The summed E-state index contributed by atoms with van der Waals surface area (Å²) in [7, 11) is 1.47. The molecule has 2 aromatic heterocycles. The van der Waals surface area contributed by atoms with Gasteiger partial charge in [-0.2, -0.15) is 5.10 Å². The van der Waals surface area contributed by atoms with Crippen molar-refractivity contribution in [2.24, 2.45) is 5.73 Å². The van der Waals surface area contributed by atoms with Gasteiger partial charge >= 0.3 is 0 Å². The Labute approximate surface area is 244 Å². The number of ketones is 1. The van der Waals surface area contributed by atoms with Crippen LogP contribution in [-0.4, -0.2) is 33.6 Å². The van der Waals surface area contributed by atoms with E-state index in [-0.39, 0.29) is 23.2 Å². The fourth-order valence-electron chi connectivity index (χ4n) is 5.33. The molecule has 1 aliphatic rings. The lowest BCUT2D eigenvalue weighted by Crippen LogP contribution is -2.16. The fourth-order valence-corrected chi connectivity index (χ4v) is 5.57. The molecule has 0 radical (unpaired) electrons. The van der Waals surface area contributed by atoms with E-state index in [1.54, 1.807) is 36.5 Å². The number of benzene rings is 2. The lowest BCUT2D eigenvalue weighted by Gasteiger charge is -2.16. The predicted octanol–water partition coefficient (Wildman–Crippen LogP) is 6.75. The third-order valence-corrected chi connectivity index (χ3v) is 7.91. The van der Waals surface area contributed by atoms with Crippen LogP contribution in [0.15, 0.2) is 48.7 Å². The predicted molar refractivity (Wildman–Crippen MR) is 159 cm³/mol. The summed E-state index contributed by atoms with van der Waals surface area (Å²) in [5, 5.41) is 5.96. The molecule has 1 fully saturated rings. The monoisotopic (exact) mass is 574 g/mol. The smallest absolute Gasteiger partial charge is 0.252 e. The number of methoxy groups -OCH3 is 1. The number of ether oxygens (including phenoxy) is 2. The Balaban J connectivity index is 1.34. The van der Waals surface area contributed by atoms with Crippen molar-refractivity contribution in [1.29, 1.82) is 0 Å². The summed E-state index contributed by atoms with van der Waals surface area (Å²) in [6.45, 7) is 6.43. The maximum atomic E-state index is 13.2. The number of nitrogens with two attached hydrogens (primary N) is 1. The molecule has 2 aromatic carbocycles. The summed E-state index contributed by atoms with van der Waals surface area (Å²) < 4.78 is 13.5. The van der Waals surface area contributed by atoms with Crippen LogP contribution < -0.4 is 15.2 Å². The zero-order valence-corrected chi connectivity index (χ0v) is 24.6. The Hall–Kier alpha value is -3.91. The average molecular weight is 575 g/mol. The number of halogens is 1. The second-order valence-electron chi connectivity index (χ2n) is 11.6. The molecule has 0 unspecified atom stereocenters. The van der Waals surface area contributed by atoms with Crippen molar-refractivity contribution in [2.75, 3.05) is 7.11 Å². The van der Waals surface area contributed by atoms with E-state index in [1.807, 2.05) is 6.07 Å². The third-order valence-electron chi connectivity index (χ3n) is 7.56. The molecule has 2 N–H and O–H groups in total. The van der Waals surface area contributed by atoms with Crippen LogP contribution in [0.1, 0.15) is 79.8 Å². The second-order valence-corrected chi connectivity index (χ2v) is 12.1. The molecule has 8 nitrogen and oxygen atoms in total. The first-order valence-electron chi connectivity index (χ1n) is 13.9. The van der Waals surface area contributed by atoms with Crippen molar-refractivity contribution in [3.63, 3.8) is 0 Å². The van der Waals surface area contributed by atoms with Crippen LogP contribution in [0, 0.1) is 0 Å². The minimum absolute atomic E-state index is 0.0771. The number of hydrogen-bond acceptors (Lipinski definition) is 6. The number of carbonyl (C=O) groups is 2. The molecule has 1 amide bonds. The molecular weight excluding hydrogens is 540 g/mol. The third kappa shape index (κ3) is 6.22. The maximum Gasteiger partial charge on any atom is 0.252 e. The molecule has 5 rings (SSSR count). The van der Waals surface area contributed by atoms with Gasteiger partial charge < -0.3 is 15.2 Å². The molecule has 9 heteroatoms. The van der Waals surface area contributed by atoms with Crippen molar-refractivity contribution < 1.29 is 19.1 Å². The molecule has 0 saturated heterocycles. The van der Waals surface area contributed by atoms with Crippen molar-refractivity contribution in [1.82, 2.24) is 14.8 Å². The van der Waals surface area contributed by atoms with Crippen LogP contribution in [-0.2, 0) is 23.1 Å². The Morgan fingerprint density at radius 3 is 2.46 bits per heavy atom. The largest absolute Gasteiger partial charge is 0.496 e. The number of aromatic nitrogens is 3. The molecule has 0 atom stereocenters. The quantitative estimate of drug-likeness (QED) is 0.237. The molecule has 2 heterocycles. The van der Waals surface area contributed by atoms with Crippen LogP contribution in [0.5, 0.6) is 17.2 Å². The van der Waals surface area contributed by atoms with Gasteiger partial charge in [0.2, 0.25) is 0 Å². The van der Waals surface area contributed by atoms with Gasteiger partial charge in [-0.25, -0.2) is 0 Å². The van der Waals surface area contributed by atoms with Crippen LogP contribution in [0.3, 0.4) is 0 Å². The van der Waals surface area contributed by atoms with E-state index in [0.717, 1.165) is 29.8 Å². The van der Waals surface area contributed by atoms with Gasteiger partial charge in [0.05, 0.1) is 29.9 Å². The van der Waals surface area contributed by atoms with Gasteiger partial charge in [0.25, 0.3) is 5.91 Å². The maximum absolute atomic E-state index is 13.2. The van der Waals surface area contributed by atoms with Gasteiger partial charge in [-0.1, -0.05) is 51.3 Å². The number of amides is 1. The second kappa shape index (κ2) is 11.5. The number of nitrogens with zero attached hydrogens (tertiary/aromatic N) is 3. The number of Topliss-reactive ketones (excluding diaryl/α,β-unsaturated/α-hetero) is 1. The molecule has 4 aromatic rings. The highest BCUT2D eigenvalue weighted by Crippen LogP contribution is 2.35. The lowest BCUT2D eigenvalue weighted by atomic mass is 9.92. The van der Waals surface area contributed by atoms with Crippen LogP contribution in [0.4, 0.5) is 0 Å².